The van der Waals surface area contributed by atoms with Crippen molar-refractivity contribution >= 4 is 48.0 Å². The van der Waals surface area contributed by atoms with Gasteiger partial charge in [0, 0.05) is 42.8 Å². The summed E-state index contributed by atoms with van der Waals surface area (Å²) in [7, 11) is 0. The van der Waals surface area contributed by atoms with Gasteiger partial charge in [0.25, 0.3) is 0 Å². The Kier molecular flexibility index (Phi) is 9.23. The summed E-state index contributed by atoms with van der Waals surface area (Å²) in [6.07, 6.45) is 0.912. The number of benzene rings is 1. The molecule has 1 aliphatic rings. The van der Waals surface area contributed by atoms with Crippen LogP contribution in [0.15, 0.2) is 12.1 Å². The van der Waals surface area contributed by atoms with Gasteiger partial charge in [-0.1, -0.05) is 30.1 Å². The Morgan fingerprint density at radius 1 is 1.25 bits per heavy atom. The molecular formula is C13H20Cl4N2O. The minimum atomic E-state index is 0. The van der Waals surface area contributed by atoms with Gasteiger partial charge in [0.15, 0.2) is 0 Å². The lowest BCUT2D eigenvalue weighted by Crippen LogP contribution is -2.45. The molecule has 2 N–H and O–H groups in total. The fourth-order valence-electron chi connectivity index (χ4n) is 2.54. The van der Waals surface area contributed by atoms with Crippen molar-refractivity contribution in [3.8, 4) is 5.75 Å². The molecule has 0 unspecified atom stereocenters. The van der Waals surface area contributed by atoms with Crippen LogP contribution in [0.1, 0.15) is 24.9 Å². The molecule has 116 valence electrons. The number of rotatable bonds is 3. The molecule has 1 saturated heterocycles. The fourth-order valence-corrected chi connectivity index (χ4v) is 3.15. The predicted octanol–water partition coefficient (Wildman–Crippen LogP) is 3.90. The summed E-state index contributed by atoms with van der Waals surface area (Å²) in [6.45, 7) is 6.00. The number of hydrogen-bond acceptors (Lipinski definition) is 3. The molecular weight excluding hydrogens is 342 g/mol. The van der Waals surface area contributed by atoms with Gasteiger partial charge in [-0.3, -0.25) is 4.90 Å². The lowest BCUT2D eigenvalue weighted by Gasteiger charge is -2.35. The summed E-state index contributed by atoms with van der Waals surface area (Å²) in [5, 5.41) is 14.4. The summed E-state index contributed by atoms with van der Waals surface area (Å²) >= 11 is 12.1. The zero-order valence-corrected chi connectivity index (χ0v) is 14.4. The maximum absolute atomic E-state index is 10.1. The van der Waals surface area contributed by atoms with Crippen molar-refractivity contribution in [2.45, 2.75) is 19.4 Å². The molecule has 0 bridgehead atoms. The van der Waals surface area contributed by atoms with Gasteiger partial charge in [0.05, 0.1) is 5.02 Å². The van der Waals surface area contributed by atoms with Gasteiger partial charge in [-0.25, -0.2) is 0 Å². The number of aromatic hydroxyl groups is 1. The number of nitrogens with one attached hydrogen (secondary N) is 1. The van der Waals surface area contributed by atoms with Crippen molar-refractivity contribution in [3.63, 3.8) is 0 Å². The first kappa shape index (κ1) is 20.1. The van der Waals surface area contributed by atoms with E-state index in [0.29, 0.717) is 10.0 Å². The Labute approximate surface area is 142 Å². The van der Waals surface area contributed by atoms with Crippen LogP contribution < -0.4 is 5.32 Å². The van der Waals surface area contributed by atoms with E-state index in [1.807, 2.05) is 0 Å². The van der Waals surface area contributed by atoms with Crippen LogP contribution in [0.3, 0.4) is 0 Å². The van der Waals surface area contributed by atoms with Gasteiger partial charge >= 0.3 is 0 Å². The smallest absolute Gasteiger partial charge is 0.123 e. The zero-order chi connectivity index (χ0) is 13.1. The molecule has 0 aromatic heterocycles. The quantitative estimate of drug-likeness (QED) is 0.856. The maximum Gasteiger partial charge on any atom is 0.123 e. The van der Waals surface area contributed by atoms with E-state index in [0.717, 1.165) is 38.2 Å². The molecule has 0 spiro atoms. The second-order valence-corrected chi connectivity index (χ2v) is 5.37. The summed E-state index contributed by atoms with van der Waals surface area (Å²) in [4.78, 5) is 2.35. The summed E-state index contributed by atoms with van der Waals surface area (Å²) in [6, 6.07) is 3.41. The minimum absolute atomic E-state index is 0. The zero-order valence-electron chi connectivity index (χ0n) is 11.2. The highest BCUT2D eigenvalue weighted by atomic mass is 35.5. The van der Waals surface area contributed by atoms with Crippen molar-refractivity contribution in [2.75, 3.05) is 26.2 Å². The van der Waals surface area contributed by atoms with Crippen LogP contribution in [0.25, 0.3) is 0 Å². The molecule has 0 saturated carbocycles. The first-order chi connectivity index (χ1) is 8.63. The topological polar surface area (TPSA) is 35.5 Å². The normalized spacial score (nSPS) is 16.9. The van der Waals surface area contributed by atoms with Crippen LogP contribution in [-0.2, 0) is 0 Å². The van der Waals surface area contributed by atoms with Gasteiger partial charge in [0.2, 0.25) is 0 Å². The van der Waals surface area contributed by atoms with E-state index in [2.05, 4.69) is 17.1 Å². The average molecular weight is 362 g/mol. The van der Waals surface area contributed by atoms with E-state index in [4.69, 9.17) is 23.2 Å². The van der Waals surface area contributed by atoms with Crippen LogP contribution >= 0.6 is 48.0 Å². The van der Waals surface area contributed by atoms with E-state index in [-0.39, 0.29) is 36.6 Å². The van der Waals surface area contributed by atoms with Crippen LogP contribution in [0.5, 0.6) is 5.75 Å². The highest BCUT2D eigenvalue weighted by Gasteiger charge is 2.25. The van der Waals surface area contributed by atoms with Gasteiger partial charge in [-0.2, -0.15) is 0 Å². The highest BCUT2D eigenvalue weighted by molar-refractivity contribution is 6.35. The third-order valence-corrected chi connectivity index (χ3v) is 3.92. The first-order valence-electron chi connectivity index (χ1n) is 6.26. The van der Waals surface area contributed by atoms with Gasteiger partial charge < -0.3 is 10.4 Å². The van der Waals surface area contributed by atoms with Crippen molar-refractivity contribution in [2.24, 2.45) is 0 Å². The molecule has 1 aromatic carbocycles. The molecule has 0 aliphatic carbocycles. The first-order valence-corrected chi connectivity index (χ1v) is 7.01. The molecule has 0 radical (unpaired) electrons. The van der Waals surface area contributed by atoms with Gasteiger partial charge in [-0.05, 0) is 18.6 Å². The molecule has 1 aliphatic heterocycles. The molecule has 3 nitrogen and oxygen atoms in total. The Balaban J connectivity index is 0.00000180. The molecule has 1 aromatic rings. The van der Waals surface area contributed by atoms with Crippen molar-refractivity contribution in [1.82, 2.24) is 10.2 Å². The SMILES string of the molecule is CC[C@@H](c1c(O)cc(Cl)cc1Cl)N1CCNCC1.Cl.Cl. The lowest BCUT2D eigenvalue weighted by molar-refractivity contribution is 0.167. The molecule has 1 fully saturated rings. The third-order valence-electron chi connectivity index (χ3n) is 3.38. The maximum atomic E-state index is 10.1. The number of hydrogen-bond donors (Lipinski definition) is 2. The van der Waals surface area contributed by atoms with E-state index >= 15 is 0 Å². The lowest BCUT2D eigenvalue weighted by atomic mass is 10.0. The van der Waals surface area contributed by atoms with Crippen LogP contribution in [0.2, 0.25) is 10.0 Å². The summed E-state index contributed by atoms with van der Waals surface area (Å²) in [5.41, 5.74) is 0.797. The molecule has 2 rings (SSSR count). The molecule has 1 atom stereocenters. The molecule has 1 heterocycles. The fraction of sp³-hybridized carbons (Fsp3) is 0.538. The second-order valence-electron chi connectivity index (χ2n) is 4.53. The van der Waals surface area contributed by atoms with Crippen molar-refractivity contribution in [1.29, 1.82) is 0 Å². The van der Waals surface area contributed by atoms with E-state index < -0.39 is 0 Å². The average Bonchev–Trinajstić information content (AvgIpc) is 2.34. The van der Waals surface area contributed by atoms with Crippen LogP contribution in [0, 0.1) is 0 Å². The highest BCUT2D eigenvalue weighted by Crippen LogP contribution is 2.38. The monoisotopic (exact) mass is 360 g/mol. The van der Waals surface area contributed by atoms with Gasteiger partial charge in [0.1, 0.15) is 5.75 Å². The molecule has 0 amide bonds. The number of phenolic OH excluding ortho intramolecular Hbond substituents is 1. The van der Waals surface area contributed by atoms with E-state index in [1.165, 1.54) is 0 Å². The van der Waals surface area contributed by atoms with Crippen LogP contribution in [-0.4, -0.2) is 36.2 Å². The van der Waals surface area contributed by atoms with Gasteiger partial charge in [-0.15, -0.1) is 24.8 Å². The Bertz CT molecular complexity index is 402. The predicted molar refractivity (Wildman–Crippen MR) is 90.1 cm³/mol. The number of halogens is 4. The Hall–Kier alpha value is 0.1000. The Morgan fingerprint density at radius 3 is 2.35 bits per heavy atom. The van der Waals surface area contributed by atoms with Crippen LogP contribution in [0.4, 0.5) is 0 Å². The number of phenols is 1. The van der Waals surface area contributed by atoms with Crippen molar-refractivity contribution in [3.05, 3.63) is 27.7 Å². The molecule has 7 heteroatoms. The Morgan fingerprint density at radius 2 is 1.85 bits per heavy atom. The standard InChI is InChI=1S/C13H18Cl2N2O.2ClH/c1-2-11(17-5-3-16-4-6-17)13-10(15)7-9(14)8-12(13)18;;/h7-8,11,16,18H,2-6H2,1H3;2*1H/t11-;;/m0../s1. The van der Waals surface area contributed by atoms with Crippen molar-refractivity contribution < 1.29 is 5.11 Å². The van der Waals surface area contributed by atoms with E-state index in [9.17, 15) is 5.11 Å². The largest absolute Gasteiger partial charge is 0.508 e. The third kappa shape index (κ3) is 4.55. The second kappa shape index (κ2) is 9.19. The van der Waals surface area contributed by atoms with E-state index in [1.54, 1.807) is 12.1 Å². The molecule has 20 heavy (non-hydrogen) atoms. The number of piperazine rings is 1. The summed E-state index contributed by atoms with van der Waals surface area (Å²) < 4.78 is 0. The number of nitrogens with zero attached hydrogens (tertiary/aromatic N) is 1. The summed E-state index contributed by atoms with van der Waals surface area (Å²) in [5.74, 6) is 0.192. The minimum Gasteiger partial charge on any atom is -0.508 e.